The van der Waals surface area contributed by atoms with Gasteiger partial charge >= 0.3 is 5.91 Å². The van der Waals surface area contributed by atoms with Crippen LogP contribution in [0, 0.1) is 0 Å². The van der Waals surface area contributed by atoms with E-state index >= 15 is 0 Å². The topological polar surface area (TPSA) is 95.9 Å². The Hall–Kier alpha value is -3.61. The van der Waals surface area contributed by atoms with Crippen LogP contribution in [0.1, 0.15) is 19.4 Å². The van der Waals surface area contributed by atoms with E-state index < -0.39 is 17.6 Å². The first-order valence-electron chi connectivity index (χ1n) is 8.36. The third kappa shape index (κ3) is 3.39. The van der Waals surface area contributed by atoms with E-state index in [4.69, 9.17) is 4.74 Å². The van der Waals surface area contributed by atoms with Crippen molar-refractivity contribution in [3.05, 3.63) is 59.9 Å². The average molecular weight is 366 g/mol. The molecule has 0 radical (unpaired) electrons. The van der Waals surface area contributed by atoms with Crippen molar-refractivity contribution in [2.45, 2.75) is 13.8 Å². The molecule has 7 nitrogen and oxygen atoms in total. The summed E-state index contributed by atoms with van der Waals surface area (Å²) in [7, 11) is 0. The number of nitrogens with one attached hydrogen (secondary N) is 1. The number of para-hydroxylation sites is 2. The molecule has 2 aromatic carbocycles. The molecule has 3 rings (SSSR count). The second-order valence-corrected chi connectivity index (χ2v) is 5.83. The van der Waals surface area contributed by atoms with E-state index in [1.807, 2.05) is 0 Å². The minimum absolute atomic E-state index is 0.0966. The summed E-state index contributed by atoms with van der Waals surface area (Å²) in [5, 5.41) is 12.9. The highest BCUT2D eigenvalue weighted by Gasteiger charge is 2.41. The van der Waals surface area contributed by atoms with Crippen LogP contribution < -0.4 is 15.0 Å². The Morgan fingerprint density at radius 3 is 2.37 bits per heavy atom. The Bertz CT molecular complexity index is 947. The molecular weight excluding hydrogens is 348 g/mol. The average Bonchev–Trinajstić information content (AvgIpc) is 2.86. The predicted molar refractivity (Wildman–Crippen MR) is 100 cm³/mol. The number of nitrogens with zero attached hydrogens (tertiary/aromatic N) is 1. The highest BCUT2D eigenvalue weighted by molar-refractivity contribution is 6.45. The molecule has 0 aromatic heterocycles. The lowest BCUT2D eigenvalue weighted by Gasteiger charge is -2.18. The number of carbonyl (C=O) groups excluding carboxylic acids is 3. The zero-order valence-electron chi connectivity index (χ0n) is 14.9. The third-order valence-corrected chi connectivity index (χ3v) is 3.96. The maximum absolute atomic E-state index is 12.9. The van der Waals surface area contributed by atoms with Crippen LogP contribution in [0.2, 0.25) is 0 Å². The van der Waals surface area contributed by atoms with Crippen LogP contribution in [0.25, 0.3) is 5.57 Å². The third-order valence-electron chi connectivity index (χ3n) is 3.96. The standard InChI is InChI=1S/C20H18N2O5/c1-3-27-16-7-5-4-6-15(16)22-19(25)17(18(24)20(22)26)13-8-10-14(11-9-13)21-12(2)23/h4-11,24H,3H2,1-2H3,(H,21,23). The summed E-state index contributed by atoms with van der Waals surface area (Å²) in [6.07, 6.45) is 0. The minimum Gasteiger partial charge on any atom is -0.502 e. The van der Waals surface area contributed by atoms with E-state index in [9.17, 15) is 19.5 Å². The maximum Gasteiger partial charge on any atom is 0.301 e. The van der Waals surface area contributed by atoms with Crippen LogP contribution in [0.5, 0.6) is 5.75 Å². The minimum atomic E-state index is -0.812. The van der Waals surface area contributed by atoms with Crippen molar-refractivity contribution in [2.75, 3.05) is 16.8 Å². The van der Waals surface area contributed by atoms with Gasteiger partial charge in [0.05, 0.1) is 17.9 Å². The number of rotatable bonds is 5. The molecule has 1 aliphatic rings. The zero-order chi connectivity index (χ0) is 19.6. The smallest absolute Gasteiger partial charge is 0.301 e. The first-order valence-corrected chi connectivity index (χ1v) is 8.36. The molecule has 0 unspecified atom stereocenters. The fourth-order valence-corrected chi connectivity index (χ4v) is 2.84. The van der Waals surface area contributed by atoms with Crippen molar-refractivity contribution >= 4 is 34.7 Å². The fourth-order valence-electron chi connectivity index (χ4n) is 2.84. The molecule has 0 bridgehead atoms. The second-order valence-electron chi connectivity index (χ2n) is 5.83. The molecule has 0 atom stereocenters. The Balaban J connectivity index is 1.96. The first-order chi connectivity index (χ1) is 12.9. The molecule has 1 aliphatic heterocycles. The van der Waals surface area contributed by atoms with Gasteiger partial charge in [0, 0.05) is 12.6 Å². The van der Waals surface area contributed by atoms with Gasteiger partial charge in [0.1, 0.15) is 5.75 Å². The summed E-state index contributed by atoms with van der Waals surface area (Å²) >= 11 is 0. The number of aliphatic hydroxyl groups excluding tert-OH is 1. The number of benzene rings is 2. The van der Waals surface area contributed by atoms with Gasteiger partial charge in [0.25, 0.3) is 5.91 Å². The van der Waals surface area contributed by atoms with E-state index in [1.54, 1.807) is 55.5 Å². The lowest BCUT2D eigenvalue weighted by Crippen LogP contribution is -2.32. The number of anilines is 2. The Morgan fingerprint density at radius 2 is 1.74 bits per heavy atom. The molecular formula is C20H18N2O5. The van der Waals surface area contributed by atoms with Gasteiger partial charge in [-0.2, -0.15) is 0 Å². The fraction of sp³-hybridized carbons (Fsp3) is 0.150. The lowest BCUT2D eigenvalue weighted by atomic mass is 10.0. The normalized spacial score (nSPS) is 13.9. The van der Waals surface area contributed by atoms with Gasteiger partial charge in [0.2, 0.25) is 5.91 Å². The van der Waals surface area contributed by atoms with Crippen LogP contribution in [0.15, 0.2) is 54.3 Å². The van der Waals surface area contributed by atoms with E-state index in [1.165, 1.54) is 6.92 Å². The molecule has 1 heterocycles. The first kappa shape index (κ1) is 18.2. The summed E-state index contributed by atoms with van der Waals surface area (Å²) in [6.45, 7) is 3.54. The molecule has 27 heavy (non-hydrogen) atoms. The van der Waals surface area contributed by atoms with Crippen molar-refractivity contribution in [1.29, 1.82) is 0 Å². The number of carbonyl (C=O) groups is 3. The molecule has 0 spiro atoms. The molecule has 0 saturated heterocycles. The van der Waals surface area contributed by atoms with Gasteiger partial charge in [-0.1, -0.05) is 24.3 Å². The van der Waals surface area contributed by atoms with Crippen molar-refractivity contribution < 1.29 is 24.2 Å². The SMILES string of the molecule is CCOc1ccccc1N1C(=O)C(O)=C(c2ccc(NC(C)=O)cc2)C1=O. The molecule has 2 N–H and O–H groups in total. The lowest BCUT2D eigenvalue weighted by molar-refractivity contribution is -0.121. The van der Waals surface area contributed by atoms with Crippen molar-refractivity contribution in [2.24, 2.45) is 0 Å². The van der Waals surface area contributed by atoms with Gasteiger partial charge < -0.3 is 15.2 Å². The summed E-state index contributed by atoms with van der Waals surface area (Å²) in [6, 6.07) is 12.9. The predicted octanol–water partition coefficient (Wildman–Crippen LogP) is 2.89. The van der Waals surface area contributed by atoms with Crippen LogP contribution >= 0.6 is 0 Å². The van der Waals surface area contributed by atoms with Gasteiger partial charge in [-0.3, -0.25) is 14.4 Å². The maximum atomic E-state index is 12.9. The van der Waals surface area contributed by atoms with E-state index in [0.717, 1.165) is 4.90 Å². The van der Waals surface area contributed by atoms with E-state index in [-0.39, 0.29) is 17.2 Å². The van der Waals surface area contributed by atoms with Crippen molar-refractivity contribution in [1.82, 2.24) is 0 Å². The van der Waals surface area contributed by atoms with E-state index in [2.05, 4.69) is 5.32 Å². The molecule has 0 fully saturated rings. The molecule has 0 saturated carbocycles. The number of ether oxygens (including phenoxy) is 1. The number of amides is 3. The largest absolute Gasteiger partial charge is 0.502 e. The molecule has 2 aromatic rings. The van der Waals surface area contributed by atoms with Gasteiger partial charge in [-0.05, 0) is 36.8 Å². The highest BCUT2D eigenvalue weighted by atomic mass is 16.5. The van der Waals surface area contributed by atoms with Crippen LogP contribution in [0.4, 0.5) is 11.4 Å². The number of hydrogen-bond donors (Lipinski definition) is 2. The van der Waals surface area contributed by atoms with Crippen LogP contribution in [-0.2, 0) is 14.4 Å². The zero-order valence-corrected chi connectivity index (χ0v) is 14.9. The summed E-state index contributed by atoms with van der Waals surface area (Å²) in [5.41, 5.74) is 1.09. The molecule has 7 heteroatoms. The number of imide groups is 1. The Labute approximate surface area is 155 Å². The van der Waals surface area contributed by atoms with Gasteiger partial charge in [0.15, 0.2) is 5.76 Å². The quantitative estimate of drug-likeness (QED) is 0.793. The van der Waals surface area contributed by atoms with E-state index in [0.29, 0.717) is 23.6 Å². The van der Waals surface area contributed by atoms with Crippen LogP contribution in [0.3, 0.4) is 0 Å². The van der Waals surface area contributed by atoms with Gasteiger partial charge in [-0.15, -0.1) is 0 Å². The summed E-state index contributed by atoms with van der Waals surface area (Å²) < 4.78 is 5.49. The van der Waals surface area contributed by atoms with Gasteiger partial charge in [-0.25, -0.2) is 4.90 Å². The highest BCUT2D eigenvalue weighted by Crippen LogP contribution is 2.36. The summed E-state index contributed by atoms with van der Waals surface area (Å²) in [5.74, 6) is -1.93. The molecule has 0 aliphatic carbocycles. The number of hydrogen-bond acceptors (Lipinski definition) is 5. The Kier molecular flexibility index (Phi) is 4.94. The monoisotopic (exact) mass is 366 g/mol. The van der Waals surface area contributed by atoms with Crippen molar-refractivity contribution in [3.8, 4) is 5.75 Å². The Morgan fingerprint density at radius 1 is 1.07 bits per heavy atom. The van der Waals surface area contributed by atoms with Crippen LogP contribution in [-0.4, -0.2) is 29.4 Å². The summed E-state index contributed by atoms with van der Waals surface area (Å²) in [4.78, 5) is 37.5. The number of aliphatic hydroxyl groups is 1. The second kappa shape index (κ2) is 7.33. The molecule has 138 valence electrons. The molecule has 3 amide bonds. The van der Waals surface area contributed by atoms with Crippen molar-refractivity contribution in [3.63, 3.8) is 0 Å².